The Kier molecular flexibility index (Phi) is 7.63. The number of hydrogen-bond donors (Lipinski definition) is 0. The highest BCUT2D eigenvalue weighted by molar-refractivity contribution is 7.86. The van der Waals surface area contributed by atoms with Crippen LogP contribution in [0.1, 0.15) is 47.5 Å². The monoisotopic (exact) mass is 468 g/mol. The Balaban J connectivity index is 2.04. The van der Waals surface area contributed by atoms with E-state index >= 15 is 0 Å². The number of rotatable bonds is 6. The Labute approximate surface area is 181 Å². The highest BCUT2D eigenvalue weighted by Crippen LogP contribution is 2.31. The molecule has 164 valence electrons. The van der Waals surface area contributed by atoms with E-state index in [9.17, 15) is 13.2 Å². The molecule has 7 nitrogen and oxygen atoms in total. The molecule has 0 spiro atoms. The largest absolute Gasteiger partial charge is 0.460 e. The highest BCUT2D eigenvalue weighted by atomic mass is 35.5. The summed E-state index contributed by atoms with van der Waals surface area (Å²) in [5, 5.41) is 0.225. The highest BCUT2D eigenvalue weighted by Gasteiger charge is 2.38. The van der Waals surface area contributed by atoms with Crippen LogP contribution in [-0.4, -0.2) is 44.6 Å². The third kappa shape index (κ3) is 7.70. The predicted molar refractivity (Wildman–Crippen MR) is 109 cm³/mol. The Hall–Kier alpha value is -0.900. The summed E-state index contributed by atoms with van der Waals surface area (Å²) in [6.07, 6.45) is -0.826. The summed E-state index contributed by atoms with van der Waals surface area (Å²) >= 11 is 11.8. The van der Waals surface area contributed by atoms with Crippen LogP contribution in [0.25, 0.3) is 0 Å². The first-order chi connectivity index (χ1) is 13.2. The minimum Gasteiger partial charge on any atom is -0.460 e. The van der Waals surface area contributed by atoms with Gasteiger partial charge in [0.05, 0.1) is 30.3 Å². The van der Waals surface area contributed by atoms with Crippen molar-refractivity contribution in [1.29, 1.82) is 0 Å². The lowest BCUT2D eigenvalue weighted by Gasteiger charge is -2.40. The number of ether oxygens (including phenoxy) is 3. The maximum Gasteiger partial charge on any atom is 0.308 e. The van der Waals surface area contributed by atoms with Gasteiger partial charge >= 0.3 is 5.97 Å². The Morgan fingerprint density at radius 3 is 2.45 bits per heavy atom. The van der Waals surface area contributed by atoms with E-state index in [1.165, 1.54) is 18.2 Å². The maximum atomic E-state index is 12.5. The molecule has 10 heteroatoms. The van der Waals surface area contributed by atoms with Gasteiger partial charge in [0, 0.05) is 11.4 Å². The molecular weight excluding hydrogens is 443 g/mol. The first-order valence-electron chi connectivity index (χ1n) is 9.09. The summed E-state index contributed by atoms with van der Waals surface area (Å²) in [6.45, 7) is 8.45. The lowest BCUT2D eigenvalue weighted by Crippen LogP contribution is -2.47. The van der Waals surface area contributed by atoms with Crippen LogP contribution in [0.15, 0.2) is 23.1 Å². The van der Waals surface area contributed by atoms with E-state index in [0.29, 0.717) is 0 Å². The minimum absolute atomic E-state index is 0.00503. The fourth-order valence-corrected chi connectivity index (χ4v) is 4.59. The van der Waals surface area contributed by atoms with Crippen molar-refractivity contribution in [1.82, 2.24) is 0 Å². The molecule has 1 heterocycles. The third-order valence-electron chi connectivity index (χ3n) is 3.81. The van der Waals surface area contributed by atoms with Crippen LogP contribution in [-0.2, 0) is 33.3 Å². The molecule has 1 aliphatic heterocycles. The Bertz CT molecular complexity index is 847. The molecule has 0 unspecified atom stereocenters. The van der Waals surface area contributed by atoms with Crippen molar-refractivity contribution < 1.29 is 31.6 Å². The van der Waals surface area contributed by atoms with Gasteiger partial charge in [-0.25, -0.2) is 0 Å². The smallest absolute Gasteiger partial charge is 0.308 e. The average molecular weight is 469 g/mol. The molecule has 0 amide bonds. The molecule has 2 atom stereocenters. The van der Waals surface area contributed by atoms with Gasteiger partial charge < -0.3 is 14.2 Å². The lowest BCUT2D eigenvalue weighted by molar-refractivity contribution is -0.303. The van der Waals surface area contributed by atoms with Crippen molar-refractivity contribution in [3.63, 3.8) is 0 Å². The van der Waals surface area contributed by atoms with Gasteiger partial charge in [0.25, 0.3) is 10.1 Å². The van der Waals surface area contributed by atoms with Crippen molar-refractivity contribution >= 4 is 39.3 Å². The van der Waals surface area contributed by atoms with E-state index in [2.05, 4.69) is 0 Å². The van der Waals surface area contributed by atoms with Gasteiger partial charge in [-0.2, -0.15) is 8.42 Å². The van der Waals surface area contributed by atoms with Crippen molar-refractivity contribution in [2.45, 2.75) is 76.0 Å². The molecule has 0 bridgehead atoms. The average Bonchev–Trinajstić information content (AvgIpc) is 2.52. The summed E-state index contributed by atoms with van der Waals surface area (Å²) in [6, 6.07) is 4.08. The molecule has 0 aliphatic carbocycles. The van der Waals surface area contributed by atoms with E-state index in [4.69, 9.17) is 41.6 Å². The van der Waals surface area contributed by atoms with Crippen LogP contribution in [0, 0.1) is 0 Å². The molecule has 0 N–H and O–H groups in total. The van der Waals surface area contributed by atoms with Gasteiger partial charge in [0.2, 0.25) is 0 Å². The molecule has 2 rings (SSSR count). The second-order valence-electron chi connectivity index (χ2n) is 8.22. The molecule has 29 heavy (non-hydrogen) atoms. The van der Waals surface area contributed by atoms with Gasteiger partial charge in [-0.05, 0) is 52.8 Å². The normalized spacial score (nSPS) is 22.3. The van der Waals surface area contributed by atoms with Crippen LogP contribution in [0.4, 0.5) is 0 Å². The van der Waals surface area contributed by atoms with Crippen LogP contribution < -0.4 is 0 Å². The number of halogens is 2. The van der Waals surface area contributed by atoms with Crippen molar-refractivity contribution in [2.75, 3.05) is 6.61 Å². The van der Waals surface area contributed by atoms with Crippen molar-refractivity contribution in [2.24, 2.45) is 0 Å². The van der Waals surface area contributed by atoms with Crippen LogP contribution in [0.3, 0.4) is 0 Å². The van der Waals surface area contributed by atoms with E-state index < -0.39 is 39.7 Å². The molecular formula is C19H26Cl2O7S. The second kappa shape index (κ2) is 9.08. The quantitative estimate of drug-likeness (QED) is 0.452. The van der Waals surface area contributed by atoms with Gasteiger partial charge in [0.15, 0.2) is 5.79 Å². The van der Waals surface area contributed by atoms with E-state index in [1.54, 1.807) is 34.6 Å². The topological polar surface area (TPSA) is 88.1 Å². The van der Waals surface area contributed by atoms with E-state index in [0.717, 1.165) is 0 Å². The molecule has 1 aliphatic rings. The van der Waals surface area contributed by atoms with Gasteiger partial charge in [-0.15, -0.1) is 0 Å². The van der Waals surface area contributed by atoms with Crippen LogP contribution >= 0.6 is 23.2 Å². The number of carbonyl (C=O) groups excluding carboxylic acids is 1. The zero-order valence-electron chi connectivity index (χ0n) is 17.0. The zero-order valence-corrected chi connectivity index (χ0v) is 19.4. The third-order valence-corrected chi connectivity index (χ3v) is 5.81. The summed E-state index contributed by atoms with van der Waals surface area (Å²) in [5.74, 6) is -1.42. The van der Waals surface area contributed by atoms with Crippen molar-refractivity contribution in [3.05, 3.63) is 28.2 Å². The van der Waals surface area contributed by atoms with Gasteiger partial charge in [-0.3, -0.25) is 8.98 Å². The molecule has 1 saturated heterocycles. The van der Waals surface area contributed by atoms with Crippen molar-refractivity contribution in [3.8, 4) is 0 Å². The summed E-state index contributed by atoms with van der Waals surface area (Å²) in [7, 11) is -4.14. The SMILES string of the molecule is CC(C)(C)OC(=O)C[C@H]1C[C@@H](COS(=O)(=O)c2cc(Cl)ccc2Cl)OC(C)(C)O1. The standard InChI is InChI=1S/C19H26Cl2O7S/c1-18(2,3)28-17(22)10-13-9-14(27-19(4,5)26-13)11-25-29(23,24)16-8-12(20)6-7-15(16)21/h6-8,13-14H,9-11H2,1-5H3/t13-,14+/m1/s1. The minimum atomic E-state index is -4.14. The first-order valence-corrected chi connectivity index (χ1v) is 11.3. The van der Waals surface area contributed by atoms with Gasteiger partial charge in [-0.1, -0.05) is 23.2 Å². The Morgan fingerprint density at radius 1 is 1.21 bits per heavy atom. The second-order valence-corrected chi connectivity index (χ2v) is 10.6. The fraction of sp³-hybridized carbons (Fsp3) is 0.632. The Morgan fingerprint density at radius 2 is 1.83 bits per heavy atom. The molecule has 0 radical (unpaired) electrons. The molecule has 1 aromatic rings. The number of esters is 1. The van der Waals surface area contributed by atoms with Crippen LogP contribution in [0.2, 0.25) is 10.0 Å². The fourth-order valence-electron chi connectivity index (χ4n) is 2.91. The number of benzene rings is 1. The maximum absolute atomic E-state index is 12.5. The van der Waals surface area contributed by atoms with Crippen LogP contribution in [0.5, 0.6) is 0 Å². The molecule has 1 aromatic carbocycles. The first kappa shape index (κ1) is 24.4. The zero-order chi connectivity index (χ0) is 22.0. The van der Waals surface area contributed by atoms with E-state index in [1.807, 2.05) is 0 Å². The molecule has 0 aromatic heterocycles. The predicted octanol–water partition coefficient (Wildman–Crippen LogP) is 4.34. The van der Waals surface area contributed by atoms with Gasteiger partial charge in [0.1, 0.15) is 10.5 Å². The lowest BCUT2D eigenvalue weighted by atomic mass is 10.1. The summed E-state index contributed by atoms with van der Waals surface area (Å²) < 4.78 is 47.0. The summed E-state index contributed by atoms with van der Waals surface area (Å²) in [4.78, 5) is 11.9. The molecule has 1 fully saturated rings. The molecule has 0 saturated carbocycles. The van der Waals surface area contributed by atoms with E-state index in [-0.39, 0.29) is 34.4 Å². The number of carbonyl (C=O) groups is 1. The summed E-state index contributed by atoms with van der Waals surface area (Å²) in [5.41, 5.74) is -0.607. The number of hydrogen-bond acceptors (Lipinski definition) is 7.